The van der Waals surface area contributed by atoms with Crippen molar-refractivity contribution < 1.29 is 0 Å². The average Bonchev–Trinajstić information content (AvgIpc) is 2.16. The highest BCUT2D eigenvalue weighted by Gasteiger charge is 2.14. The van der Waals surface area contributed by atoms with Crippen LogP contribution in [0.3, 0.4) is 0 Å². The fourth-order valence-electron chi connectivity index (χ4n) is 1.64. The first kappa shape index (κ1) is 10.9. The Kier molecular flexibility index (Phi) is 3.85. The quantitative estimate of drug-likeness (QED) is 0.498. The summed E-state index contributed by atoms with van der Waals surface area (Å²) >= 11 is 0. The molecule has 0 saturated heterocycles. The zero-order valence-corrected chi connectivity index (χ0v) is 8.75. The molecule has 1 aromatic heterocycles. The van der Waals surface area contributed by atoms with Crippen molar-refractivity contribution in [2.75, 3.05) is 5.73 Å². The molecular formula is C10H18N4. The van der Waals surface area contributed by atoms with Crippen molar-refractivity contribution in [2.45, 2.75) is 32.7 Å². The number of nitrogens with one attached hydrogen (secondary N) is 1. The Balaban J connectivity index is 3.02. The highest BCUT2D eigenvalue weighted by molar-refractivity contribution is 5.45. The number of hydrazine groups is 1. The number of aromatic nitrogens is 1. The van der Waals surface area contributed by atoms with Gasteiger partial charge in [-0.1, -0.05) is 13.3 Å². The lowest BCUT2D eigenvalue weighted by Gasteiger charge is -2.18. The molecule has 1 heterocycles. The van der Waals surface area contributed by atoms with E-state index in [9.17, 15) is 0 Å². The number of anilines is 1. The van der Waals surface area contributed by atoms with Crippen molar-refractivity contribution in [3.63, 3.8) is 0 Å². The minimum absolute atomic E-state index is 0.105. The minimum Gasteiger partial charge on any atom is -0.383 e. The SMILES string of the molecule is CCCC(NN)c1c(C)ccnc1N. The predicted molar refractivity (Wildman–Crippen MR) is 58.4 cm³/mol. The van der Waals surface area contributed by atoms with E-state index in [2.05, 4.69) is 17.3 Å². The molecule has 0 radical (unpaired) electrons. The van der Waals surface area contributed by atoms with Gasteiger partial charge in [0.2, 0.25) is 0 Å². The summed E-state index contributed by atoms with van der Waals surface area (Å²) in [4.78, 5) is 4.07. The maximum absolute atomic E-state index is 5.82. The van der Waals surface area contributed by atoms with E-state index >= 15 is 0 Å². The van der Waals surface area contributed by atoms with Gasteiger partial charge >= 0.3 is 0 Å². The number of rotatable bonds is 4. The average molecular weight is 194 g/mol. The van der Waals surface area contributed by atoms with Gasteiger partial charge < -0.3 is 5.73 Å². The summed E-state index contributed by atoms with van der Waals surface area (Å²) in [7, 11) is 0. The molecule has 0 spiro atoms. The first-order valence-corrected chi connectivity index (χ1v) is 4.87. The van der Waals surface area contributed by atoms with E-state index in [4.69, 9.17) is 11.6 Å². The normalized spacial score (nSPS) is 12.8. The fourth-order valence-corrected chi connectivity index (χ4v) is 1.64. The first-order valence-electron chi connectivity index (χ1n) is 4.87. The van der Waals surface area contributed by atoms with Crippen LogP contribution in [0.5, 0.6) is 0 Å². The minimum atomic E-state index is 0.105. The molecule has 1 aromatic rings. The number of hydrogen-bond acceptors (Lipinski definition) is 4. The Bertz CT molecular complexity index is 278. The lowest BCUT2D eigenvalue weighted by Crippen LogP contribution is -2.29. The van der Waals surface area contributed by atoms with Crippen molar-refractivity contribution in [1.82, 2.24) is 10.4 Å². The van der Waals surface area contributed by atoms with Gasteiger partial charge in [0, 0.05) is 17.8 Å². The number of pyridine rings is 1. The van der Waals surface area contributed by atoms with Crippen molar-refractivity contribution in [2.24, 2.45) is 5.84 Å². The molecular weight excluding hydrogens is 176 g/mol. The van der Waals surface area contributed by atoms with Gasteiger partial charge in [-0.3, -0.25) is 11.3 Å². The Morgan fingerprint density at radius 1 is 1.57 bits per heavy atom. The highest BCUT2D eigenvalue weighted by atomic mass is 15.2. The van der Waals surface area contributed by atoms with Crippen LogP contribution >= 0.6 is 0 Å². The second-order valence-corrected chi connectivity index (χ2v) is 3.43. The largest absolute Gasteiger partial charge is 0.383 e. The van der Waals surface area contributed by atoms with Gasteiger partial charge in [0.1, 0.15) is 5.82 Å². The van der Waals surface area contributed by atoms with Gasteiger partial charge in [0.15, 0.2) is 0 Å². The van der Waals surface area contributed by atoms with Gasteiger partial charge in [-0.2, -0.15) is 0 Å². The Morgan fingerprint density at radius 3 is 2.79 bits per heavy atom. The zero-order chi connectivity index (χ0) is 10.6. The standard InChI is InChI=1S/C10H18N4/c1-3-4-8(14-12)9-7(2)5-6-13-10(9)11/h5-6,8,14H,3-4,12H2,1-2H3,(H2,11,13). The van der Waals surface area contributed by atoms with Crippen LogP contribution in [0, 0.1) is 6.92 Å². The Labute approximate surface area is 84.7 Å². The summed E-state index contributed by atoms with van der Waals surface area (Å²) in [5.74, 6) is 6.07. The fraction of sp³-hybridized carbons (Fsp3) is 0.500. The zero-order valence-electron chi connectivity index (χ0n) is 8.75. The summed E-state index contributed by atoms with van der Waals surface area (Å²) in [5, 5.41) is 0. The van der Waals surface area contributed by atoms with Crippen molar-refractivity contribution in [3.05, 3.63) is 23.4 Å². The first-order chi connectivity index (χ1) is 6.70. The second kappa shape index (κ2) is 4.93. The summed E-state index contributed by atoms with van der Waals surface area (Å²) in [5.41, 5.74) is 10.8. The number of nitrogens with zero attached hydrogens (tertiary/aromatic N) is 1. The van der Waals surface area contributed by atoms with E-state index in [0.717, 1.165) is 24.0 Å². The van der Waals surface area contributed by atoms with Crippen LogP contribution in [-0.4, -0.2) is 4.98 Å². The predicted octanol–water partition coefficient (Wildman–Crippen LogP) is 1.28. The molecule has 1 unspecified atom stereocenters. The molecule has 4 heteroatoms. The third-order valence-electron chi connectivity index (χ3n) is 2.37. The maximum atomic E-state index is 5.82. The van der Waals surface area contributed by atoms with Crippen molar-refractivity contribution in [3.8, 4) is 0 Å². The van der Waals surface area contributed by atoms with E-state index in [1.54, 1.807) is 6.20 Å². The molecule has 0 aliphatic rings. The van der Waals surface area contributed by atoms with Gasteiger partial charge in [0.05, 0.1) is 0 Å². The molecule has 5 N–H and O–H groups in total. The Hall–Kier alpha value is -1.13. The van der Waals surface area contributed by atoms with Crippen molar-refractivity contribution >= 4 is 5.82 Å². The molecule has 0 fully saturated rings. The molecule has 0 amide bonds. The summed E-state index contributed by atoms with van der Waals surface area (Å²) in [6, 6.07) is 2.06. The molecule has 0 aliphatic carbocycles. The molecule has 0 bridgehead atoms. The van der Waals surface area contributed by atoms with Crippen LogP contribution in [0.1, 0.15) is 36.9 Å². The highest BCUT2D eigenvalue weighted by Crippen LogP contribution is 2.25. The van der Waals surface area contributed by atoms with Crippen LogP contribution in [0.15, 0.2) is 12.3 Å². The third kappa shape index (κ3) is 2.21. The lowest BCUT2D eigenvalue weighted by atomic mass is 9.99. The van der Waals surface area contributed by atoms with Crippen molar-refractivity contribution in [1.29, 1.82) is 0 Å². The van der Waals surface area contributed by atoms with E-state index in [0.29, 0.717) is 5.82 Å². The van der Waals surface area contributed by atoms with Gasteiger partial charge in [-0.25, -0.2) is 4.98 Å². The number of aryl methyl sites for hydroxylation is 1. The van der Waals surface area contributed by atoms with Crippen LogP contribution in [0.25, 0.3) is 0 Å². The second-order valence-electron chi connectivity index (χ2n) is 3.43. The summed E-state index contributed by atoms with van der Waals surface area (Å²) in [6.07, 6.45) is 3.74. The maximum Gasteiger partial charge on any atom is 0.128 e. The smallest absolute Gasteiger partial charge is 0.128 e. The number of nitrogen functional groups attached to an aromatic ring is 1. The van der Waals surface area contributed by atoms with Crippen LogP contribution in [-0.2, 0) is 0 Å². The van der Waals surface area contributed by atoms with Gasteiger partial charge in [0.25, 0.3) is 0 Å². The molecule has 0 aliphatic heterocycles. The molecule has 1 atom stereocenters. The van der Waals surface area contributed by atoms with Crippen LogP contribution in [0.4, 0.5) is 5.82 Å². The summed E-state index contributed by atoms with van der Waals surface area (Å²) in [6.45, 7) is 4.14. The van der Waals surface area contributed by atoms with Gasteiger partial charge in [-0.05, 0) is 25.0 Å². The molecule has 1 rings (SSSR count). The molecule has 4 nitrogen and oxygen atoms in total. The van der Waals surface area contributed by atoms with E-state index < -0.39 is 0 Å². The summed E-state index contributed by atoms with van der Waals surface area (Å²) < 4.78 is 0. The third-order valence-corrected chi connectivity index (χ3v) is 2.37. The number of hydrogen-bond donors (Lipinski definition) is 3. The number of nitrogens with two attached hydrogens (primary N) is 2. The van der Waals surface area contributed by atoms with E-state index in [1.807, 2.05) is 13.0 Å². The molecule has 0 saturated carbocycles. The van der Waals surface area contributed by atoms with Crippen LogP contribution < -0.4 is 17.0 Å². The van der Waals surface area contributed by atoms with Crippen LogP contribution in [0.2, 0.25) is 0 Å². The van der Waals surface area contributed by atoms with Gasteiger partial charge in [-0.15, -0.1) is 0 Å². The van der Waals surface area contributed by atoms with E-state index in [1.165, 1.54) is 0 Å². The monoisotopic (exact) mass is 194 g/mol. The topological polar surface area (TPSA) is 77.0 Å². The molecule has 14 heavy (non-hydrogen) atoms. The molecule has 0 aromatic carbocycles. The molecule has 78 valence electrons. The van der Waals surface area contributed by atoms with E-state index in [-0.39, 0.29) is 6.04 Å². The lowest BCUT2D eigenvalue weighted by molar-refractivity contribution is 0.508. The Morgan fingerprint density at radius 2 is 2.29 bits per heavy atom.